The average molecular weight is 491 g/mol. The molecule has 0 aliphatic heterocycles. The van der Waals surface area contributed by atoms with Gasteiger partial charge < -0.3 is 5.32 Å². The molecule has 5 nitrogen and oxygen atoms in total. The van der Waals surface area contributed by atoms with E-state index in [4.69, 9.17) is 23.2 Å². The minimum absolute atomic E-state index is 0.0858. The molecule has 1 atom stereocenters. The maximum atomic E-state index is 12.5. The van der Waals surface area contributed by atoms with Crippen molar-refractivity contribution in [2.24, 2.45) is 0 Å². The first-order valence-corrected chi connectivity index (χ1v) is 12.6. The smallest absolute Gasteiger partial charge is 0.251 e. The Bertz CT molecular complexity index is 1160. The maximum Gasteiger partial charge on any atom is 0.251 e. The number of rotatable bonds is 8. The van der Waals surface area contributed by atoms with Crippen LogP contribution in [0.5, 0.6) is 0 Å². The van der Waals surface area contributed by atoms with Crippen molar-refractivity contribution >= 4 is 44.8 Å². The van der Waals surface area contributed by atoms with E-state index in [0.29, 0.717) is 27.8 Å². The number of sulfonamides is 1. The summed E-state index contributed by atoms with van der Waals surface area (Å²) in [6, 6.07) is 21.5. The van der Waals surface area contributed by atoms with Crippen molar-refractivity contribution in [1.29, 1.82) is 0 Å². The van der Waals surface area contributed by atoms with Gasteiger partial charge in [-0.25, -0.2) is 8.42 Å². The highest BCUT2D eigenvalue weighted by Crippen LogP contribution is 2.28. The Kier molecular flexibility index (Phi) is 7.82. The van der Waals surface area contributed by atoms with Gasteiger partial charge in [0.05, 0.1) is 18.5 Å². The lowest BCUT2D eigenvalue weighted by atomic mass is 10.0. The lowest BCUT2D eigenvalue weighted by Crippen LogP contribution is -2.29. The molecule has 3 rings (SSSR count). The number of benzene rings is 3. The first-order chi connectivity index (χ1) is 15.1. The van der Waals surface area contributed by atoms with E-state index in [0.717, 1.165) is 17.4 Å². The zero-order chi connectivity index (χ0) is 23.3. The van der Waals surface area contributed by atoms with Gasteiger partial charge in [0.2, 0.25) is 10.0 Å². The molecular weight excluding hydrogens is 467 g/mol. The molecule has 32 heavy (non-hydrogen) atoms. The Morgan fingerprint density at radius 1 is 0.969 bits per heavy atom. The molecule has 0 fully saturated rings. The van der Waals surface area contributed by atoms with E-state index in [1.165, 1.54) is 4.31 Å². The Morgan fingerprint density at radius 3 is 2.12 bits per heavy atom. The summed E-state index contributed by atoms with van der Waals surface area (Å²) in [6.07, 6.45) is 1.12. The van der Waals surface area contributed by atoms with Crippen LogP contribution in [0, 0.1) is 0 Å². The fourth-order valence-corrected chi connectivity index (χ4v) is 4.64. The second-order valence-corrected chi connectivity index (χ2v) is 10.4. The molecule has 1 amide bonds. The summed E-state index contributed by atoms with van der Waals surface area (Å²) in [5, 5.41) is 3.64. The van der Waals surface area contributed by atoms with Crippen molar-refractivity contribution in [3.05, 3.63) is 99.5 Å². The van der Waals surface area contributed by atoms with Crippen molar-refractivity contribution in [3.63, 3.8) is 0 Å². The van der Waals surface area contributed by atoms with Crippen LogP contribution in [-0.4, -0.2) is 27.1 Å². The molecule has 0 spiro atoms. The summed E-state index contributed by atoms with van der Waals surface area (Å²) < 4.78 is 26.0. The Hall–Kier alpha value is -2.54. The quantitative estimate of drug-likeness (QED) is 0.453. The summed E-state index contributed by atoms with van der Waals surface area (Å²) in [5.74, 6) is 0.00758. The second kappa shape index (κ2) is 10.4. The van der Waals surface area contributed by atoms with Crippen LogP contribution < -0.4 is 9.62 Å². The van der Waals surface area contributed by atoms with E-state index >= 15 is 0 Å². The normalized spacial score (nSPS) is 12.2. The molecule has 1 N–H and O–H groups in total. The second-order valence-electron chi connectivity index (χ2n) is 7.62. The number of anilines is 1. The zero-order valence-corrected chi connectivity index (χ0v) is 20.1. The number of halogens is 2. The summed E-state index contributed by atoms with van der Waals surface area (Å²) >= 11 is 12.1. The molecular formula is C24H24Cl2N2O3S. The number of amides is 1. The van der Waals surface area contributed by atoms with Gasteiger partial charge in [-0.05, 0) is 47.4 Å². The van der Waals surface area contributed by atoms with Crippen LogP contribution in [0.15, 0.2) is 72.8 Å². The SMILES string of the molecule is C[C@H](CNC(=O)c1ccc(CN(c2cc(Cl)cc(Cl)c2)S(C)(=O)=O)cc1)c1ccccc1. The van der Waals surface area contributed by atoms with Gasteiger partial charge in [0.1, 0.15) is 0 Å². The van der Waals surface area contributed by atoms with E-state index in [1.54, 1.807) is 42.5 Å². The van der Waals surface area contributed by atoms with Crippen LogP contribution in [0.1, 0.15) is 34.3 Å². The van der Waals surface area contributed by atoms with E-state index < -0.39 is 10.0 Å². The largest absolute Gasteiger partial charge is 0.351 e. The summed E-state index contributed by atoms with van der Waals surface area (Å²) in [7, 11) is -3.58. The van der Waals surface area contributed by atoms with E-state index in [-0.39, 0.29) is 18.4 Å². The highest BCUT2D eigenvalue weighted by molar-refractivity contribution is 7.92. The van der Waals surface area contributed by atoms with Crippen molar-refractivity contribution in [2.45, 2.75) is 19.4 Å². The van der Waals surface area contributed by atoms with Crippen LogP contribution in [0.4, 0.5) is 5.69 Å². The molecule has 8 heteroatoms. The number of hydrogen-bond donors (Lipinski definition) is 1. The summed E-state index contributed by atoms with van der Waals surface area (Å²) in [4.78, 5) is 12.5. The highest BCUT2D eigenvalue weighted by atomic mass is 35.5. The van der Waals surface area contributed by atoms with Crippen LogP contribution in [-0.2, 0) is 16.6 Å². The topological polar surface area (TPSA) is 66.5 Å². The summed E-state index contributed by atoms with van der Waals surface area (Å²) in [6.45, 7) is 2.66. The van der Waals surface area contributed by atoms with Crippen molar-refractivity contribution in [2.75, 3.05) is 17.1 Å². The predicted octanol–water partition coefficient (Wildman–Crippen LogP) is 5.49. The fourth-order valence-electron chi connectivity index (χ4n) is 3.26. The molecule has 3 aromatic rings. The number of carbonyl (C=O) groups excluding carboxylic acids is 1. The number of hydrogen-bond acceptors (Lipinski definition) is 3. The third-order valence-electron chi connectivity index (χ3n) is 5.02. The van der Waals surface area contributed by atoms with Crippen molar-refractivity contribution < 1.29 is 13.2 Å². The Morgan fingerprint density at radius 2 is 1.56 bits per heavy atom. The van der Waals surface area contributed by atoms with Gasteiger partial charge >= 0.3 is 0 Å². The minimum atomic E-state index is -3.58. The standard InChI is InChI=1S/C24H24Cl2N2O3S/c1-17(19-6-4-3-5-7-19)15-27-24(29)20-10-8-18(9-11-20)16-28(32(2,30)31)23-13-21(25)12-22(26)14-23/h3-14,17H,15-16H2,1-2H3,(H,27,29)/t17-/m1/s1. The molecule has 168 valence electrons. The van der Waals surface area contributed by atoms with Crippen LogP contribution in [0.2, 0.25) is 10.0 Å². The average Bonchev–Trinajstić information content (AvgIpc) is 2.75. The van der Waals surface area contributed by atoms with Gasteiger partial charge in [-0.15, -0.1) is 0 Å². The fraction of sp³-hybridized carbons (Fsp3) is 0.208. The molecule has 0 unspecified atom stereocenters. The molecule has 0 saturated carbocycles. The first kappa shape index (κ1) is 24.1. The number of carbonyl (C=O) groups is 1. The Labute approximate surface area is 199 Å². The highest BCUT2D eigenvalue weighted by Gasteiger charge is 2.19. The minimum Gasteiger partial charge on any atom is -0.351 e. The third kappa shape index (κ3) is 6.48. The van der Waals surface area contributed by atoms with Gasteiger partial charge in [-0.1, -0.05) is 72.6 Å². The lowest BCUT2D eigenvalue weighted by Gasteiger charge is -2.23. The maximum absolute atomic E-state index is 12.5. The molecule has 0 heterocycles. The van der Waals surface area contributed by atoms with Gasteiger partial charge in [-0.2, -0.15) is 0 Å². The van der Waals surface area contributed by atoms with E-state index in [9.17, 15) is 13.2 Å². The molecule has 0 aliphatic rings. The van der Waals surface area contributed by atoms with E-state index in [1.807, 2.05) is 30.3 Å². The molecule has 0 bridgehead atoms. The van der Waals surface area contributed by atoms with Crippen molar-refractivity contribution in [1.82, 2.24) is 5.32 Å². The zero-order valence-electron chi connectivity index (χ0n) is 17.8. The molecule has 0 radical (unpaired) electrons. The van der Waals surface area contributed by atoms with Gasteiger partial charge in [0, 0.05) is 22.2 Å². The third-order valence-corrected chi connectivity index (χ3v) is 6.59. The van der Waals surface area contributed by atoms with Gasteiger partial charge in [0.15, 0.2) is 0 Å². The lowest BCUT2D eigenvalue weighted by molar-refractivity contribution is 0.0951. The predicted molar refractivity (Wildman–Crippen MR) is 131 cm³/mol. The molecule has 0 aromatic heterocycles. The monoisotopic (exact) mass is 490 g/mol. The van der Waals surface area contributed by atoms with Crippen LogP contribution >= 0.6 is 23.2 Å². The molecule has 3 aromatic carbocycles. The Balaban J connectivity index is 1.69. The number of nitrogens with one attached hydrogen (secondary N) is 1. The molecule has 0 saturated heterocycles. The molecule has 0 aliphatic carbocycles. The summed E-state index contributed by atoms with van der Waals surface area (Å²) in [5.41, 5.74) is 2.76. The van der Waals surface area contributed by atoms with Crippen molar-refractivity contribution in [3.8, 4) is 0 Å². The van der Waals surface area contributed by atoms with Gasteiger partial charge in [0.25, 0.3) is 5.91 Å². The number of nitrogens with zero attached hydrogens (tertiary/aromatic N) is 1. The van der Waals surface area contributed by atoms with Crippen LogP contribution in [0.25, 0.3) is 0 Å². The first-order valence-electron chi connectivity index (χ1n) is 9.99. The van der Waals surface area contributed by atoms with E-state index in [2.05, 4.69) is 12.2 Å². The van der Waals surface area contributed by atoms with Crippen LogP contribution in [0.3, 0.4) is 0 Å². The van der Waals surface area contributed by atoms with Gasteiger partial charge in [-0.3, -0.25) is 9.10 Å².